The van der Waals surface area contributed by atoms with Crippen LogP contribution in [-0.4, -0.2) is 15.0 Å². The third-order valence-electron chi connectivity index (χ3n) is 3.06. The highest BCUT2D eigenvalue weighted by Gasteiger charge is 2.14. The monoisotopic (exact) mass is 390 g/mol. The van der Waals surface area contributed by atoms with E-state index in [-0.39, 0.29) is 33.7 Å². The summed E-state index contributed by atoms with van der Waals surface area (Å²) in [7, 11) is 0. The molecule has 0 saturated carbocycles. The van der Waals surface area contributed by atoms with E-state index in [4.69, 9.17) is 38.9 Å². The molecule has 0 radical (unpaired) electrons. The zero-order chi connectivity index (χ0) is 18.7. The molecule has 0 aliphatic rings. The van der Waals surface area contributed by atoms with Crippen LogP contribution in [0.25, 0.3) is 0 Å². The molecule has 0 unspecified atom stereocenters. The molecule has 10 heteroatoms. The highest BCUT2D eigenvalue weighted by molar-refractivity contribution is 6.37. The number of nitriles is 1. The number of rotatable bonds is 4. The molecule has 0 spiro atoms. The Hall–Kier alpha value is -3.15. The maximum atomic E-state index is 13.3. The van der Waals surface area contributed by atoms with E-state index in [2.05, 4.69) is 20.3 Å². The van der Waals surface area contributed by atoms with E-state index in [1.807, 2.05) is 6.07 Å². The fraction of sp³-hybridized carbons (Fsp3) is 0. The predicted molar refractivity (Wildman–Crippen MR) is 95.2 cm³/mol. The van der Waals surface area contributed by atoms with Gasteiger partial charge in [-0.2, -0.15) is 20.2 Å². The van der Waals surface area contributed by atoms with Crippen LogP contribution in [0.2, 0.25) is 10.0 Å². The third-order valence-corrected chi connectivity index (χ3v) is 3.62. The van der Waals surface area contributed by atoms with Gasteiger partial charge in [-0.1, -0.05) is 23.2 Å². The zero-order valence-corrected chi connectivity index (χ0v) is 14.4. The normalized spacial score (nSPS) is 10.2. The molecule has 2 aromatic carbocycles. The van der Waals surface area contributed by atoms with Gasteiger partial charge in [-0.25, -0.2) is 4.39 Å². The van der Waals surface area contributed by atoms with Crippen molar-refractivity contribution in [3.8, 4) is 17.8 Å². The smallest absolute Gasteiger partial charge is 0.328 e. The molecule has 130 valence electrons. The summed E-state index contributed by atoms with van der Waals surface area (Å²) in [6.07, 6.45) is 0. The van der Waals surface area contributed by atoms with Gasteiger partial charge in [0.15, 0.2) is 5.75 Å². The van der Waals surface area contributed by atoms with Crippen molar-refractivity contribution in [2.45, 2.75) is 0 Å². The van der Waals surface area contributed by atoms with Crippen LogP contribution in [0, 0.1) is 17.1 Å². The van der Waals surface area contributed by atoms with E-state index >= 15 is 0 Å². The van der Waals surface area contributed by atoms with Crippen molar-refractivity contribution in [3.63, 3.8) is 0 Å². The average Bonchev–Trinajstić information content (AvgIpc) is 2.58. The number of nitrogens with one attached hydrogen (secondary N) is 1. The molecule has 3 N–H and O–H groups in total. The number of aromatic nitrogens is 3. The summed E-state index contributed by atoms with van der Waals surface area (Å²) < 4.78 is 18.7. The fourth-order valence-electron chi connectivity index (χ4n) is 1.95. The van der Waals surface area contributed by atoms with Crippen molar-refractivity contribution in [1.29, 1.82) is 5.26 Å². The maximum Gasteiger partial charge on any atom is 0.328 e. The molecule has 26 heavy (non-hydrogen) atoms. The number of anilines is 3. The van der Waals surface area contributed by atoms with Crippen LogP contribution in [0.3, 0.4) is 0 Å². The van der Waals surface area contributed by atoms with E-state index in [0.29, 0.717) is 11.3 Å². The van der Waals surface area contributed by atoms with E-state index in [1.54, 1.807) is 24.3 Å². The largest absolute Gasteiger partial charge is 0.421 e. The molecular formula is C16H9Cl2FN6O. The molecule has 0 aliphatic heterocycles. The topological polar surface area (TPSA) is 110 Å². The summed E-state index contributed by atoms with van der Waals surface area (Å²) in [5.74, 6) is -0.623. The Morgan fingerprint density at radius 1 is 1.08 bits per heavy atom. The summed E-state index contributed by atoms with van der Waals surface area (Å²) >= 11 is 11.9. The second-order valence-electron chi connectivity index (χ2n) is 4.91. The fourth-order valence-corrected chi connectivity index (χ4v) is 2.49. The first-order valence-electron chi connectivity index (χ1n) is 7.06. The van der Waals surface area contributed by atoms with E-state index in [1.165, 1.54) is 0 Å². The van der Waals surface area contributed by atoms with Crippen LogP contribution in [0.5, 0.6) is 11.8 Å². The Kier molecular flexibility index (Phi) is 5.02. The number of halogens is 3. The summed E-state index contributed by atoms with van der Waals surface area (Å²) in [6, 6.07) is 10.5. The van der Waals surface area contributed by atoms with Crippen molar-refractivity contribution >= 4 is 40.8 Å². The molecule has 0 saturated heterocycles. The van der Waals surface area contributed by atoms with Gasteiger partial charge >= 0.3 is 6.01 Å². The van der Waals surface area contributed by atoms with Crippen LogP contribution in [0.4, 0.5) is 22.0 Å². The lowest BCUT2D eigenvalue weighted by atomic mass is 10.2. The van der Waals surface area contributed by atoms with Gasteiger partial charge in [0, 0.05) is 5.69 Å². The lowest BCUT2D eigenvalue weighted by molar-refractivity contribution is 0.441. The molecule has 0 amide bonds. The van der Waals surface area contributed by atoms with Gasteiger partial charge in [-0.05, 0) is 36.4 Å². The Bertz CT molecular complexity index is 984. The first-order valence-corrected chi connectivity index (χ1v) is 7.81. The minimum atomic E-state index is -0.606. The van der Waals surface area contributed by atoms with Crippen molar-refractivity contribution in [2.75, 3.05) is 11.1 Å². The van der Waals surface area contributed by atoms with Crippen LogP contribution >= 0.6 is 23.2 Å². The molecule has 1 heterocycles. The SMILES string of the molecule is N#Cc1ccc(Nc2nc(N)nc(Oc3c(Cl)cc(F)cc3Cl)n2)cc1. The Labute approximate surface area is 157 Å². The molecular weight excluding hydrogens is 382 g/mol. The van der Waals surface area contributed by atoms with E-state index < -0.39 is 5.82 Å². The van der Waals surface area contributed by atoms with Crippen molar-refractivity contribution in [3.05, 3.63) is 57.8 Å². The van der Waals surface area contributed by atoms with Crippen LogP contribution in [-0.2, 0) is 0 Å². The number of benzene rings is 2. The second kappa shape index (κ2) is 7.39. The minimum Gasteiger partial charge on any atom is -0.421 e. The van der Waals surface area contributed by atoms with Crippen LogP contribution in [0.1, 0.15) is 5.56 Å². The highest BCUT2D eigenvalue weighted by atomic mass is 35.5. The molecule has 3 aromatic rings. The standard InChI is InChI=1S/C16H9Cl2FN6O/c17-11-5-9(19)6-12(18)13(11)26-16-24-14(21)23-15(25-16)22-10-3-1-8(7-20)2-4-10/h1-6H,(H3,21,22,23,24,25). The van der Waals surface area contributed by atoms with Gasteiger partial charge in [-0.3, -0.25) is 0 Å². The zero-order valence-electron chi connectivity index (χ0n) is 12.9. The van der Waals surface area contributed by atoms with Gasteiger partial charge in [0.25, 0.3) is 0 Å². The molecule has 0 atom stereocenters. The van der Waals surface area contributed by atoms with Gasteiger partial charge in [-0.15, -0.1) is 0 Å². The van der Waals surface area contributed by atoms with Crippen LogP contribution < -0.4 is 15.8 Å². The van der Waals surface area contributed by atoms with Crippen LogP contribution in [0.15, 0.2) is 36.4 Å². The number of nitrogens with two attached hydrogens (primary N) is 1. The highest BCUT2D eigenvalue weighted by Crippen LogP contribution is 2.36. The van der Waals surface area contributed by atoms with Crippen molar-refractivity contribution in [2.24, 2.45) is 0 Å². The predicted octanol–water partition coefficient (Wildman–Crippen LogP) is 4.31. The first kappa shape index (κ1) is 17.7. The van der Waals surface area contributed by atoms with Gasteiger partial charge in [0.2, 0.25) is 11.9 Å². The lowest BCUT2D eigenvalue weighted by Gasteiger charge is -2.10. The summed E-state index contributed by atoms with van der Waals surface area (Å²) in [6.45, 7) is 0. The molecule has 7 nitrogen and oxygen atoms in total. The number of nitrogen functional groups attached to an aromatic ring is 1. The van der Waals surface area contributed by atoms with E-state index in [9.17, 15) is 4.39 Å². The Balaban J connectivity index is 1.87. The lowest BCUT2D eigenvalue weighted by Crippen LogP contribution is -2.05. The van der Waals surface area contributed by atoms with Gasteiger partial charge < -0.3 is 15.8 Å². The number of hydrogen-bond donors (Lipinski definition) is 2. The number of hydrogen-bond acceptors (Lipinski definition) is 7. The number of nitrogens with zero attached hydrogens (tertiary/aromatic N) is 4. The summed E-state index contributed by atoms with van der Waals surface area (Å²) in [5.41, 5.74) is 6.79. The van der Waals surface area contributed by atoms with Crippen molar-refractivity contribution in [1.82, 2.24) is 15.0 Å². The summed E-state index contributed by atoms with van der Waals surface area (Å²) in [4.78, 5) is 11.8. The number of ether oxygens (including phenoxy) is 1. The first-order chi connectivity index (χ1) is 12.4. The Morgan fingerprint density at radius 2 is 1.73 bits per heavy atom. The Morgan fingerprint density at radius 3 is 2.35 bits per heavy atom. The summed E-state index contributed by atoms with van der Waals surface area (Å²) in [5, 5.41) is 11.6. The molecule has 3 rings (SSSR count). The molecule has 1 aromatic heterocycles. The van der Waals surface area contributed by atoms with E-state index in [0.717, 1.165) is 12.1 Å². The molecule has 0 aliphatic carbocycles. The average molecular weight is 391 g/mol. The van der Waals surface area contributed by atoms with Gasteiger partial charge in [0.1, 0.15) is 5.82 Å². The molecule has 0 fully saturated rings. The van der Waals surface area contributed by atoms with Gasteiger partial charge in [0.05, 0.1) is 21.7 Å². The van der Waals surface area contributed by atoms with Crippen molar-refractivity contribution < 1.29 is 9.13 Å². The molecule has 0 bridgehead atoms. The quantitative estimate of drug-likeness (QED) is 0.682. The maximum absolute atomic E-state index is 13.3. The minimum absolute atomic E-state index is 0.00958. The third kappa shape index (κ3) is 4.08. The second-order valence-corrected chi connectivity index (χ2v) is 5.73.